The Bertz CT molecular complexity index is 808. The van der Waals surface area contributed by atoms with Crippen molar-refractivity contribution in [3.8, 4) is 11.1 Å². The molecule has 0 heterocycles. The third-order valence-electron chi connectivity index (χ3n) is 3.69. The smallest absolute Gasteiger partial charge is 0.323 e. The summed E-state index contributed by atoms with van der Waals surface area (Å²) in [5.74, 6) is 1.81. The van der Waals surface area contributed by atoms with E-state index in [-0.39, 0.29) is 12.8 Å². The van der Waals surface area contributed by atoms with E-state index in [9.17, 15) is 14.4 Å². The van der Waals surface area contributed by atoms with Crippen molar-refractivity contribution >= 4 is 29.4 Å². The number of aliphatic carboxylic acids is 1. The minimum Gasteiger partial charge on any atom is -0.481 e. The maximum atomic E-state index is 11.6. The van der Waals surface area contributed by atoms with Crippen molar-refractivity contribution in [1.29, 1.82) is 0 Å². The lowest BCUT2D eigenvalue weighted by atomic mass is 9.99. The predicted octanol–water partition coefficient (Wildman–Crippen LogP) is 1.50. The van der Waals surface area contributed by atoms with Crippen molar-refractivity contribution in [1.82, 2.24) is 10.7 Å². The number of halogens is 1. The molecule has 0 fully saturated rings. The highest BCUT2D eigenvalue weighted by Crippen LogP contribution is 2.23. The van der Waals surface area contributed by atoms with Crippen LogP contribution in [0.3, 0.4) is 0 Å². The zero-order chi connectivity index (χ0) is 19.1. The average Bonchev–Trinajstić information content (AvgIpc) is 2.61. The standard InChI is InChI=1S/C18H18ClN3O4/c19-14-3-1-2-13(9-14)12-6-4-11(5-7-12)8-15(10-16(23)24)21-17(25)18(26)22-20/h1-7,9,15H,8,10,20H2,(H,21,25)(H,22,26)(H,23,24)/t15-/m1/s1. The molecule has 2 amide bonds. The first-order chi connectivity index (χ1) is 12.4. The number of rotatable bonds is 6. The summed E-state index contributed by atoms with van der Waals surface area (Å²) >= 11 is 5.99. The molecular weight excluding hydrogens is 358 g/mol. The van der Waals surface area contributed by atoms with Gasteiger partial charge in [0, 0.05) is 11.1 Å². The van der Waals surface area contributed by atoms with E-state index in [0.717, 1.165) is 16.7 Å². The highest BCUT2D eigenvalue weighted by Gasteiger charge is 2.20. The number of carboxylic acids is 1. The van der Waals surface area contributed by atoms with Crippen molar-refractivity contribution in [3.05, 3.63) is 59.1 Å². The van der Waals surface area contributed by atoms with E-state index in [2.05, 4.69) is 5.32 Å². The Morgan fingerprint density at radius 1 is 1.04 bits per heavy atom. The van der Waals surface area contributed by atoms with E-state index in [1.807, 2.05) is 42.5 Å². The molecule has 0 bridgehead atoms. The van der Waals surface area contributed by atoms with Crippen LogP contribution in [-0.2, 0) is 20.8 Å². The van der Waals surface area contributed by atoms with Crippen LogP contribution in [0.15, 0.2) is 48.5 Å². The van der Waals surface area contributed by atoms with E-state index in [1.54, 1.807) is 11.5 Å². The molecule has 26 heavy (non-hydrogen) atoms. The number of amides is 2. The third-order valence-corrected chi connectivity index (χ3v) is 3.92. The minimum atomic E-state index is -1.08. The van der Waals surface area contributed by atoms with Gasteiger partial charge < -0.3 is 10.4 Å². The molecule has 2 aromatic carbocycles. The van der Waals surface area contributed by atoms with E-state index >= 15 is 0 Å². The maximum absolute atomic E-state index is 11.6. The number of nitrogens with two attached hydrogens (primary N) is 1. The van der Waals surface area contributed by atoms with Crippen molar-refractivity contribution in [2.45, 2.75) is 18.9 Å². The van der Waals surface area contributed by atoms with Gasteiger partial charge in [-0.05, 0) is 35.2 Å². The first kappa shape index (κ1) is 19.4. The highest BCUT2D eigenvalue weighted by atomic mass is 35.5. The number of benzene rings is 2. The lowest BCUT2D eigenvalue weighted by Crippen LogP contribution is -2.48. The van der Waals surface area contributed by atoms with Crippen molar-refractivity contribution in [2.75, 3.05) is 0 Å². The van der Waals surface area contributed by atoms with Crippen molar-refractivity contribution in [2.24, 2.45) is 5.84 Å². The fraction of sp³-hybridized carbons (Fsp3) is 0.167. The van der Waals surface area contributed by atoms with Crippen LogP contribution in [0, 0.1) is 0 Å². The second-order valence-electron chi connectivity index (χ2n) is 5.65. The first-order valence-electron chi connectivity index (χ1n) is 7.77. The van der Waals surface area contributed by atoms with Crippen molar-refractivity contribution < 1.29 is 19.5 Å². The van der Waals surface area contributed by atoms with Crippen LogP contribution in [0.2, 0.25) is 5.02 Å². The molecule has 0 saturated carbocycles. The Labute approximate surface area is 155 Å². The molecule has 2 aromatic rings. The fourth-order valence-corrected chi connectivity index (χ4v) is 2.68. The Balaban J connectivity index is 2.11. The van der Waals surface area contributed by atoms with Gasteiger partial charge in [0.15, 0.2) is 0 Å². The highest BCUT2D eigenvalue weighted by molar-refractivity contribution is 6.35. The number of carboxylic acid groups (broad SMARTS) is 1. The molecule has 2 rings (SSSR count). The summed E-state index contributed by atoms with van der Waals surface area (Å²) in [5, 5.41) is 12.0. The summed E-state index contributed by atoms with van der Waals surface area (Å²) in [5.41, 5.74) is 4.44. The SMILES string of the molecule is NNC(=O)C(=O)N[C@@H](CC(=O)O)Cc1ccc(-c2cccc(Cl)c2)cc1. The molecule has 0 aromatic heterocycles. The molecule has 0 spiro atoms. The topological polar surface area (TPSA) is 122 Å². The van der Waals surface area contributed by atoms with Crippen LogP contribution in [0.1, 0.15) is 12.0 Å². The molecule has 8 heteroatoms. The van der Waals surface area contributed by atoms with Gasteiger partial charge in [0.25, 0.3) is 0 Å². The number of carbonyl (C=O) groups is 3. The van der Waals surface area contributed by atoms with Gasteiger partial charge in [0.05, 0.1) is 6.42 Å². The Kier molecular flexibility index (Phi) is 6.71. The molecule has 1 atom stereocenters. The second-order valence-corrected chi connectivity index (χ2v) is 6.09. The summed E-state index contributed by atoms with van der Waals surface area (Å²) in [6.07, 6.45) is -0.0641. The Morgan fingerprint density at radius 2 is 1.73 bits per heavy atom. The number of carbonyl (C=O) groups excluding carboxylic acids is 2. The lowest BCUT2D eigenvalue weighted by molar-refractivity contribution is -0.141. The van der Waals surface area contributed by atoms with E-state index in [0.29, 0.717) is 5.02 Å². The van der Waals surface area contributed by atoms with E-state index < -0.39 is 23.8 Å². The van der Waals surface area contributed by atoms with Gasteiger partial charge in [-0.2, -0.15) is 0 Å². The van der Waals surface area contributed by atoms with Crippen LogP contribution in [0.25, 0.3) is 11.1 Å². The Morgan fingerprint density at radius 3 is 2.31 bits per heavy atom. The van der Waals surface area contributed by atoms with Gasteiger partial charge >= 0.3 is 17.8 Å². The monoisotopic (exact) mass is 375 g/mol. The number of nitrogens with one attached hydrogen (secondary N) is 2. The van der Waals surface area contributed by atoms with Crippen LogP contribution in [0.4, 0.5) is 0 Å². The summed E-state index contributed by atoms with van der Waals surface area (Å²) < 4.78 is 0. The molecule has 0 aliphatic rings. The maximum Gasteiger partial charge on any atom is 0.323 e. The fourth-order valence-electron chi connectivity index (χ4n) is 2.49. The molecule has 0 aliphatic heterocycles. The zero-order valence-corrected chi connectivity index (χ0v) is 14.5. The molecule has 0 radical (unpaired) electrons. The van der Waals surface area contributed by atoms with Gasteiger partial charge in [0.2, 0.25) is 0 Å². The third kappa shape index (κ3) is 5.58. The first-order valence-corrected chi connectivity index (χ1v) is 8.15. The van der Waals surface area contributed by atoms with E-state index in [4.69, 9.17) is 22.6 Å². The van der Waals surface area contributed by atoms with Gasteiger partial charge in [-0.25, -0.2) is 5.84 Å². The Hall–Kier alpha value is -2.90. The second kappa shape index (κ2) is 8.98. The van der Waals surface area contributed by atoms with Crippen molar-refractivity contribution in [3.63, 3.8) is 0 Å². The zero-order valence-electron chi connectivity index (χ0n) is 13.7. The quantitative estimate of drug-likeness (QED) is 0.264. The predicted molar refractivity (Wildman–Crippen MR) is 97.1 cm³/mol. The molecule has 136 valence electrons. The van der Waals surface area contributed by atoms with Gasteiger partial charge in [-0.15, -0.1) is 0 Å². The van der Waals surface area contributed by atoms with Crippen LogP contribution in [0.5, 0.6) is 0 Å². The molecule has 0 unspecified atom stereocenters. The molecule has 0 aliphatic carbocycles. The van der Waals surface area contributed by atoms with Gasteiger partial charge in [0.1, 0.15) is 0 Å². The van der Waals surface area contributed by atoms with Crippen LogP contribution >= 0.6 is 11.6 Å². The summed E-state index contributed by atoms with van der Waals surface area (Å²) in [6.45, 7) is 0. The minimum absolute atomic E-state index is 0.256. The van der Waals surface area contributed by atoms with Gasteiger partial charge in [-0.1, -0.05) is 48.0 Å². The van der Waals surface area contributed by atoms with E-state index in [1.165, 1.54) is 0 Å². The number of hydrogen-bond acceptors (Lipinski definition) is 4. The molecular formula is C18H18ClN3O4. The molecule has 0 saturated heterocycles. The number of hydrogen-bond donors (Lipinski definition) is 4. The van der Waals surface area contributed by atoms with Gasteiger partial charge in [-0.3, -0.25) is 19.8 Å². The number of hydrazine groups is 1. The van der Waals surface area contributed by atoms with Crippen LogP contribution < -0.4 is 16.6 Å². The average molecular weight is 376 g/mol. The molecule has 5 N–H and O–H groups in total. The summed E-state index contributed by atoms with van der Waals surface area (Å²) in [7, 11) is 0. The van der Waals surface area contributed by atoms with Crippen LogP contribution in [-0.4, -0.2) is 28.9 Å². The molecule has 7 nitrogen and oxygen atoms in total. The normalized spacial score (nSPS) is 11.5. The summed E-state index contributed by atoms with van der Waals surface area (Å²) in [6, 6.07) is 14.1. The summed E-state index contributed by atoms with van der Waals surface area (Å²) in [4.78, 5) is 33.8. The lowest BCUT2D eigenvalue weighted by Gasteiger charge is -2.16. The largest absolute Gasteiger partial charge is 0.481 e.